The topological polar surface area (TPSA) is 56.6 Å². The standard InChI is InChI=1S/C18H29N3O3/c1-3-21-9-4-16(19-21)17(22)20-10-7-18(8-11-20)14-15(5-12-23-2)6-13-24-18/h4,9,15H,3,5-8,10-14H2,1-2H3. The monoisotopic (exact) mass is 335 g/mol. The van der Waals surface area contributed by atoms with Gasteiger partial charge in [-0.1, -0.05) is 0 Å². The number of methoxy groups -OCH3 is 1. The minimum atomic E-state index is -0.0315. The summed E-state index contributed by atoms with van der Waals surface area (Å²) >= 11 is 0. The first kappa shape index (κ1) is 17.4. The molecule has 2 saturated heterocycles. The molecular formula is C18H29N3O3. The lowest BCUT2D eigenvalue weighted by Crippen LogP contribution is -2.51. The van der Waals surface area contributed by atoms with Crippen LogP contribution in [-0.4, -0.2) is 59.6 Å². The molecule has 0 bridgehead atoms. The van der Waals surface area contributed by atoms with Gasteiger partial charge in [-0.2, -0.15) is 5.10 Å². The summed E-state index contributed by atoms with van der Waals surface area (Å²) in [6.07, 6.45) is 7.06. The van der Waals surface area contributed by atoms with Crippen LogP contribution in [0.25, 0.3) is 0 Å². The average Bonchev–Trinajstić information content (AvgIpc) is 3.09. The number of hydrogen-bond acceptors (Lipinski definition) is 4. The van der Waals surface area contributed by atoms with Gasteiger partial charge in [-0.25, -0.2) is 0 Å². The van der Waals surface area contributed by atoms with Gasteiger partial charge in [0.15, 0.2) is 0 Å². The lowest BCUT2D eigenvalue weighted by atomic mass is 9.78. The number of amides is 1. The van der Waals surface area contributed by atoms with E-state index in [1.807, 2.05) is 24.1 Å². The lowest BCUT2D eigenvalue weighted by molar-refractivity contribution is -0.125. The van der Waals surface area contributed by atoms with E-state index in [1.165, 1.54) is 0 Å². The van der Waals surface area contributed by atoms with Gasteiger partial charge >= 0.3 is 0 Å². The summed E-state index contributed by atoms with van der Waals surface area (Å²) in [5.41, 5.74) is 0.520. The van der Waals surface area contributed by atoms with E-state index < -0.39 is 0 Å². The smallest absolute Gasteiger partial charge is 0.274 e. The molecule has 0 aromatic carbocycles. The maximum absolute atomic E-state index is 12.6. The highest BCUT2D eigenvalue weighted by Crippen LogP contribution is 2.38. The predicted octanol–water partition coefficient (Wildman–Crippen LogP) is 2.34. The van der Waals surface area contributed by atoms with E-state index in [0.29, 0.717) is 11.6 Å². The van der Waals surface area contributed by atoms with Crippen molar-refractivity contribution in [2.24, 2.45) is 5.92 Å². The molecule has 1 unspecified atom stereocenters. The summed E-state index contributed by atoms with van der Waals surface area (Å²) in [6.45, 7) is 5.98. The fraction of sp³-hybridized carbons (Fsp3) is 0.778. The molecule has 24 heavy (non-hydrogen) atoms. The fourth-order valence-corrected chi connectivity index (χ4v) is 3.94. The van der Waals surface area contributed by atoms with Crippen molar-refractivity contribution in [1.29, 1.82) is 0 Å². The van der Waals surface area contributed by atoms with Crippen LogP contribution >= 0.6 is 0 Å². The Labute approximate surface area is 144 Å². The second-order valence-electron chi connectivity index (χ2n) is 7.02. The normalized spacial score (nSPS) is 23.6. The third kappa shape index (κ3) is 3.81. The molecule has 3 heterocycles. The minimum absolute atomic E-state index is 0.0315. The van der Waals surface area contributed by atoms with Gasteiger partial charge in [0.05, 0.1) is 5.60 Å². The van der Waals surface area contributed by atoms with Crippen LogP contribution in [0, 0.1) is 5.92 Å². The summed E-state index contributed by atoms with van der Waals surface area (Å²) in [7, 11) is 1.76. The van der Waals surface area contributed by atoms with Gasteiger partial charge in [-0.05, 0) is 51.0 Å². The minimum Gasteiger partial charge on any atom is -0.385 e. The van der Waals surface area contributed by atoms with E-state index in [2.05, 4.69) is 5.10 Å². The first-order valence-corrected chi connectivity index (χ1v) is 9.11. The van der Waals surface area contributed by atoms with Gasteiger partial charge in [0.1, 0.15) is 5.69 Å². The average molecular weight is 335 g/mol. The third-order valence-corrected chi connectivity index (χ3v) is 5.47. The summed E-state index contributed by atoms with van der Waals surface area (Å²) in [5, 5.41) is 4.33. The number of nitrogens with zero attached hydrogens (tertiary/aromatic N) is 3. The van der Waals surface area contributed by atoms with Crippen molar-refractivity contribution in [2.75, 3.05) is 33.4 Å². The number of piperidine rings is 1. The number of aryl methyl sites for hydroxylation is 1. The fourth-order valence-electron chi connectivity index (χ4n) is 3.94. The molecule has 2 aliphatic rings. The molecule has 0 saturated carbocycles. The molecule has 1 amide bonds. The Bertz CT molecular complexity index is 549. The van der Waals surface area contributed by atoms with Gasteiger partial charge in [0.25, 0.3) is 5.91 Å². The molecule has 1 spiro atoms. The zero-order chi connectivity index (χ0) is 17.0. The zero-order valence-electron chi connectivity index (χ0n) is 14.9. The van der Waals surface area contributed by atoms with Crippen molar-refractivity contribution in [3.8, 4) is 0 Å². The van der Waals surface area contributed by atoms with E-state index in [4.69, 9.17) is 9.47 Å². The van der Waals surface area contributed by atoms with Crippen LogP contribution in [0.2, 0.25) is 0 Å². The molecule has 6 heteroatoms. The van der Waals surface area contributed by atoms with Crippen LogP contribution in [0.15, 0.2) is 12.3 Å². The van der Waals surface area contributed by atoms with Gasteiger partial charge in [0.2, 0.25) is 0 Å². The Morgan fingerprint density at radius 2 is 2.25 bits per heavy atom. The van der Waals surface area contributed by atoms with E-state index in [9.17, 15) is 4.79 Å². The van der Waals surface area contributed by atoms with Crippen LogP contribution in [0.4, 0.5) is 0 Å². The van der Waals surface area contributed by atoms with Gasteiger partial charge < -0.3 is 14.4 Å². The highest BCUT2D eigenvalue weighted by atomic mass is 16.5. The summed E-state index contributed by atoms with van der Waals surface area (Å²) in [4.78, 5) is 14.5. The summed E-state index contributed by atoms with van der Waals surface area (Å²) < 4.78 is 13.2. The molecule has 0 aliphatic carbocycles. The first-order chi connectivity index (χ1) is 11.7. The van der Waals surface area contributed by atoms with Crippen LogP contribution in [-0.2, 0) is 16.0 Å². The van der Waals surface area contributed by atoms with Gasteiger partial charge in [0, 0.05) is 46.2 Å². The van der Waals surface area contributed by atoms with Crippen molar-refractivity contribution < 1.29 is 14.3 Å². The largest absolute Gasteiger partial charge is 0.385 e. The highest BCUT2D eigenvalue weighted by molar-refractivity contribution is 5.92. The Morgan fingerprint density at radius 3 is 2.92 bits per heavy atom. The number of carbonyl (C=O) groups is 1. The van der Waals surface area contributed by atoms with E-state index in [1.54, 1.807) is 11.8 Å². The number of hydrogen-bond donors (Lipinski definition) is 0. The van der Waals surface area contributed by atoms with Crippen molar-refractivity contribution in [3.63, 3.8) is 0 Å². The van der Waals surface area contributed by atoms with Gasteiger partial charge in [-0.15, -0.1) is 0 Å². The Morgan fingerprint density at radius 1 is 1.46 bits per heavy atom. The van der Waals surface area contributed by atoms with Crippen LogP contribution < -0.4 is 0 Å². The van der Waals surface area contributed by atoms with Crippen LogP contribution in [0.5, 0.6) is 0 Å². The van der Waals surface area contributed by atoms with Crippen molar-refractivity contribution in [1.82, 2.24) is 14.7 Å². The quantitative estimate of drug-likeness (QED) is 0.829. The molecule has 0 radical (unpaired) electrons. The lowest BCUT2D eigenvalue weighted by Gasteiger charge is -2.46. The SMILES string of the molecule is CCn1ccc(C(=O)N2CCC3(CC2)CC(CCOC)CCO3)n1. The number of carbonyl (C=O) groups excluding carboxylic acids is 1. The predicted molar refractivity (Wildman–Crippen MR) is 90.9 cm³/mol. The van der Waals surface area contributed by atoms with Crippen molar-refractivity contribution >= 4 is 5.91 Å². The van der Waals surface area contributed by atoms with Crippen molar-refractivity contribution in [2.45, 2.75) is 51.2 Å². The van der Waals surface area contributed by atoms with Crippen LogP contribution in [0.1, 0.15) is 49.5 Å². The molecule has 1 aromatic rings. The van der Waals surface area contributed by atoms with E-state index in [-0.39, 0.29) is 11.5 Å². The third-order valence-electron chi connectivity index (χ3n) is 5.47. The molecule has 2 fully saturated rings. The Hall–Kier alpha value is -1.40. The second kappa shape index (κ2) is 7.66. The summed E-state index contributed by atoms with van der Waals surface area (Å²) in [6, 6.07) is 1.81. The van der Waals surface area contributed by atoms with E-state index in [0.717, 1.165) is 65.0 Å². The summed E-state index contributed by atoms with van der Waals surface area (Å²) in [5.74, 6) is 0.727. The number of rotatable bonds is 5. The molecule has 6 nitrogen and oxygen atoms in total. The van der Waals surface area contributed by atoms with Crippen LogP contribution in [0.3, 0.4) is 0 Å². The van der Waals surface area contributed by atoms with Gasteiger partial charge in [-0.3, -0.25) is 9.48 Å². The highest BCUT2D eigenvalue weighted by Gasteiger charge is 2.41. The molecule has 1 aromatic heterocycles. The Kier molecular flexibility index (Phi) is 5.56. The zero-order valence-corrected chi connectivity index (χ0v) is 14.9. The Balaban J connectivity index is 1.55. The number of ether oxygens (including phenoxy) is 2. The molecule has 2 aliphatic heterocycles. The molecular weight excluding hydrogens is 306 g/mol. The number of aromatic nitrogens is 2. The molecule has 3 rings (SSSR count). The van der Waals surface area contributed by atoms with E-state index >= 15 is 0 Å². The van der Waals surface area contributed by atoms with Crippen molar-refractivity contribution in [3.05, 3.63) is 18.0 Å². The molecule has 1 atom stereocenters. The maximum atomic E-state index is 12.6. The molecule has 134 valence electrons. The maximum Gasteiger partial charge on any atom is 0.274 e. The number of likely N-dealkylation sites (tertiary alicyclic amines) is 1. The second-order valence-corrected chi connectivity index (χ2v) is 7.02. The molecule has 0 N–H and O–H groups in total. The first-order valence-electron chi connectivity index (χ1n) is 9.11.